The summed E-state index contributed by atoms with van der Waals surface area (Å²) in [4.78, 5) is 0. The van der Waals surface area contributed by atoms with Crippen LogP contribution in [-0.4, -0.2) is 25.5 Å². The van der Waals surface area contributed by atoms with Gasteiger partial charge in [0.25, 0.3) is 0 Å². The van der Waals surface area contributed by atoms with Crippen molar-refractivity contribution in [3.8, 4) is 0 Å². The van der Waals surface area contributed by atoms with Gasteiger partial charge in [-0.05, 0) is 17.7 Å². The molecule has 6 heteroatoms. The summed E-state index contributed by atoms with van der Waals surface area (Å²) < 4.78 is 49.3. The van der Waals surface area contributed by atoms with Gasteiger partial charge in [0.15, 0.2) is 11.6 Å². The van der Waals surface area contributed by atoms with Crippen LogP contribution < -0.4 is 0 Å². The van der Waals surface area contributed by atoms with Crippen molar-refractivity contribution in [3.63, 3.8) is 0 Å². The third-order valence-corrected chi connectivity index (χ3v) is 3.49. The molecule has 0 radical (unpaired) electrons. The van der Waals surface area contributed by atoms with E-state index in [0.717, 1.165) is 18.4 Å². The SMILES string of the molecule is CCN(Cc1ccc(F)c(F)c1)S(C)(=O)=O. The van der Waals surface area contributed by atoms with Crippen molar-refractivity contribution in [2.24, 2.45) is 0 Å². The summed E-state index contributed by atoms with van der Waals surface area (Å²) >= 11 is 0. The third-order valence-electron chi connectivity index (χ3n) is 2.16. The molecule has 0 heterocycles. The van der Waals surface area contributed by atoms with E-state index in [9.17, 15) is 17.2 Å². The summed E-state index contributed by atoms with van der Waals surface area (Å²) in [5.74, 6) is -1.91. The van der Waals surface area contributed by atoms with Crippen LogP contribution in [0.1, 0.15) is 12.5 Å². The second kappa shape index (κ2) is 4.88. The Bertz CT molecular complexity index is 474. The molecule has 0 saturated heterocycles. The summed E-state index contributed by atoms with van der Waals surface area (Å²) in [5.41, 5.74) is 0.422. The molecular formula is C10H13F2NO2S. The third kappa shape index (κ3) is 3.24. The Kier molecular flexibility index (Phi) is 3.98. The number of hydrogen-bond donors (Lipinski definition) is 0. The van der Waals surface area contributed by atoms with Crippen molar-refractivity contribution in [3.05, 3.63) is 35.4 Å². The highest BCUT2D eigenvalue weighted by atomic mass is 32.2. The molecule has 1 rings (SSSR count). The summed E-state index contributed by atoms with van der Waals surface area (Å²) in [6.45, 7) is 2.02. The van der Waals surface area contributed by atoms with E-state index in [1.54, 1.807) is 6.92 Å². The fourth-order valence-corrected chi connectivity index (χ4v) is 2.16. The lowest BCUT2D eigenvalue weighted by atomic mass is 10.2. The summed E-state index contributed by atoms with van der Waals surface area (Å²) in [6.07, 6.45) is 1.08. The maximum Gasteiger partial charge on any atom is 0.211 e. The van der Waals surface area contributed by atoms with Gasteiger partial charge in [0.2, 0.25) is 10.0 Å². The number of benzene rings is 1. The molecule has 0 fully saturated rings. The standard InChI is InChI=1S/C10H13F2NO2S/c1-3-13(16(2,14)15)7-8-4-5-9(11)10(12)6-8/h4-6H,3,7H2,1-2H3. The number of nitrogens with zero attached hydrogens (tertiary/aromatic N) is 1. The van der Waals surface area contributed by atoms with Crippen LogP contribution in [0.5, 0.6) is 0 Å². The van der Waals surface area contributed by atoms with E-state index in [4.69, 9.17) is 0 Å². The quantitative estimate of drug-likeness (QED) is 0.815. The minimum Gasteiger partial charge on any atom is -0.212 e. The lowest BCUT2D eigenvalue weighted by Crippen LogP contribution is -2.29. The van der Waals surface area contributed by atoms with Crippen molar-refractivity contribution in [1.29, 1.82) is 0 Å². The van der Waals surface area contributed by atoms with E-state index in [0.29, 0.717) is 5.56 Å². The zero-order chi connectivity index (χ0) is 12.3. The number of rotatable bonds is 4. The Morgan fingerprint density at radius 1 is 1.25 bits per heavy atom. The zero-order valence-electron chi connectivity index (χ0n) is 9.07. The lowest BCUT2D eigenvalue weighted by Gasteiger charge is -2.17. The maximum atomic E-state index is 12.9. The molecule has 0 aliphatic rings. The monoisotopic (exact) mass is 249 g/mol. The van der Waals surface area contributed by atoms with Gasteiger partial charge in [-0.1, -0.05) is 13.0 Å². The molecule has 3 nitrogen and oxygen atoms in total. The van der Waals surface area contributed by atoms with Crippen LogP contribution in [0.3, 0.4) is 0 Å². The molecule has 90 valence electrons. The lowest BCUT2D eigenvalue weighted by molar-refractivity contribution is 0.425. The first-order valence-electron chi connectivity index (χ1n) is 4.73. The van der Waals surface area contributed by atoms with E-state index < -0.39 is 21.7 Å². The molecule has 1 aromatic carbocycles. The Balaban J connectivity index is 2.91. The number of hydrogen-bond acceptors (Lipinski definition) is 2. The first-order valence-corrected chi connectivity index (χ1v) is 6.58. The Labute approximate surface area is 93.7 Å². The molecule has 0 bridgehead atoms. The minimum atomic E-state index is -3.32. The highest BCUT2D eigenvalue weighted by molar-refractivity contribution is 7.88. The number of halogens is 2. The van der Waals surface area contributed by atoms with Gasteiger partial charge in [0.05, 0.1) is 6.26 Å². The van der Waals surface area contributed by atoms with Crippen molar-refractivity contribution in [2.75, 3.05) is 12.8 Å². The predicted octanol–water partition coefficient (Wildman–Crippen LogP) is 1.75. The van der Waals surface area contributed by atoms with Gasteiger partial charge in [-0.3, -0.25) is 0 Å². The molecule has 0 aliphatic carbocycles. The van der Waals surface area contributed by atoms with Crippen LogP contribution in [0, 0.1) is 11.6 Å². The van der Waals surface area contributed by atoms with E-state index in [1.807, 2.05) is 0 Å². The van der Waals surface area contributed by atoms with Gasteiger partial charge in [-0.15, -0.1) is 0 Å². The highest BCUT2D eigenvalue weighted by Gasteiger charge is 2.15. The van der Waals surface area contributed by atoms with Crippen LogP contribution >= 0.6 is 0 Å². The topological polar surface area (TPSA) is 37.4 Å². The van der Waals surface area contributed by atoms with E-state index >= 15 is 0 Å². The highest BCUT2D eigenvalue weighted by Crippen LogP contribution is 2.12. The predicted molar refractivity (Wildman–Crippen MR) is 57.3 cm³/mol. The zero-order valence-corrected chi connectivity index (χ0v) is 9.89. The molecule has 0 saturated carbocycles. The Hall–Kier alpha value is -1.01. The molecular weight excluding hydrogens is 236 g/mol. The van der Waals surface area contributed by atoms with Crippen molar-refractivity contribution >= 4 is 10.0 Å². The minimum absolute atomic E-state index is 0.0481. The van der Waals surface area contributed by atoms with Gasteiger partial charge in [-0.25, -0.2) is 17.2 Å². The van der Waals surface area contributed by atoms with Gasteiger partial charge >= 0.3 is 0 Å². The number of sulfonamides is 1. The van der Waals surface area contributed by atoms with Gasteiger partial charge in [0.1, 0.15) is 0 Å². The Morgan fingerprint density at radius 3 is 2.31 bits per heavy atom. The first-order chi connectivity index (χ1) is 7.34. The van der Waals surface area contributed by atoms with Crippen molar-refractivity contribution in [2.45, 2.75) is 13.5 Å². The molecule has 0 N–H and O–H groups in total. The van der Waals surface area contributed by atoms with Crippen molar-refractivity contribution in [1.82, 2.24) is 4.31 Å². The maximum absolute atomic E-state index is 12.9. The molecule has 0 aliphatic heterocycles. The molecule has 0 amide bonds. The fraction of sp³-hybridized carbons (Fsp3) is 0.400. The molecule has 0 spiro atoms. The fourth-order valence-electron chi connectivity index (χ4n) is 1.31. The van der Waals surface area contributed by atoms with E-state index in [2.05, 4.69) is 0 Å². The molecule has 0 unspecified atom stereocenters. The smallest absolute Gasteiger partial charge is 0.211 e. The second-order valence-electron chi connectivity index (χ2n) is 3.44. The van der Waals surface area contributed by atoms with E-state index in [-0.39, 0.29) is 13.1 Å². The Morgan fingerprint density at radius 2 is 1.88 bits per heavy atom. The summed E-state index contributed by atoms with van der Waals surface area (Å²) in [7, 11) is -3.32. The van der Waals surface area contributed by atoms with Crippen LogP contribution in [0.4, 0.5) is 8.78 Å². The van der Waals surface area contributed by atoms with Gasteiger partial charge < -0.3 is 0 Å². The normalized spacial score (nSPS) is 12.1. The first kappa shape index (κ1) is 13.1. The van der Waals surface area contributed by atoms with Crippen LogP contribution in [0.2, 0.25) is 0 Å². The second-order valence-corrected chi connectivity index (χ2v) is 5.42. The molecule has 0 atom stereocenters. The summed E-state index contributed by atoms with van der Waals surface area (Å²) in [5, 5.41) is 0. The van der Waals surface area contributed by atoms with Crippen LogP contribution in [0.15, 0.2) is 18.2 Å². The molecule has 1 aromatic rings. The largest absolute Gasteiger partial charge is 0.212 e. The van der Waals surface area contributed by atoms with Crippen molar-refractivity contribution < 1.29 is 17.2 Å². The molecule has 16 heavy (non-hydrogen) atoms. The molecule has 0 aromatic heterocycles. The average Bonchev–Trinajstić information content (AvgIpc) is 2.18. The van der Waals surface area contributed by atoms with E-state index in [1.165, 1.54) is 10.4 Å². The van der Waals surface area contributed by atoms with Gasteiger partial charge in [-0.2, -0.15) is 4.31 Å². The average molecular weight is 249 g/mol. The van der Waals surface area contributed by atoms with Gasteiger partial charge in [0, 0.05) is 13.1 Å². The summed E-state index contributed by atoms with van der Waals surface area (Å²) in [6, 6.07) is 3.36. The van der Waals surface area contributed by atoms with Crippen LogP contribution in [-0.2, 0) is 16.6 Å². The van der Waals surface area contributed by atoms with Crippen LogP contribution in [0.25, 0.3) is 0 Å².